The van der Waals surface area contributed by atoms with Crippen molar-refractivity contribution in [1.29, 1.82) is 0 Å². The minimum absolute atomic E-state index is 0.103. The lowest BCUT2D eigenvalue weighted by Gasteiger charge is -2.36. The highest BCUT2D eigenvalue weighted by molar-refractivity contribution is 6.33. The number of carbonyl (C=O) groups is 1. The number of nitrogens with zero attached hydrogens (tertiary/aromatic N) is 3. The third kappa shape index (κ3) is 3.93. The maximum absolute atomic E-state index is 13.4. The van der Waals surface area contributed by atoms with Crippen LogP contribution in [-0.4, -0.2) is 49.3 Å². The van der Waals surface area contributed by atoms with Crippen LogP contribution in [0.3, 0.4) is 0 Å². The first kappa shape index (κ1) is 21.1. The van der Waals surface area contributed by atoms with Crippen LogP contribution in [0, 0.1) is 13.8 Å². The second kappa shape index (κ2) is 8.51. The largest absolute Gasteiger partial charge is 0.496 e. The van der Waals surface area contributed by atoms with E-state index in [1.807, 2.05) is 48.2 Å². The number of hydrogen-bond acceptors (Lipinski definition) is 6. The van der Waals surface area contributed by atoms with E-state index >= 15 is 0 Å². The van der Waals surface area contributed by atoms with Gasteiger partial charge in [0.1, 0.15) is 22.8 Å². The van der Waals surface area contributed by atoms with Crippen LogP contribution in [0.15, 0.2) is 40.9 Å². The molecule has 2 heterocycles. The van der Waals surface area contributed by atoms with Gasteiger partial charge in [0.25, 0.3) is 5.91 Å². The van der Waals surface area contributed by atoms with Crippen LogP contribution in [0.5, 0.6) is 5.75 Å². The summed E-state index contributed by atoms with van der Waals surface area (Å²) in [4.78, 5) is 17.4. The van der Waals surface area contributed by atoms with Gasteiger partial charge in [-0.1, -0.05) is 28.9 Å². The highest BCUT2D eigenvalue weighted by Gasteiger charge is 2.30. The minimum Gasteiger partial charge on any atom is -0.496 e. The molecule has 0 atom stereocenters. The van der Waals surface area contributed by atoms with Gasteiger partial charge in [-0.05, 0) is 43.7 Å². The molecule has 0 aliphatic carbocycles. The van der Waals surface area contributed by atoms with Crippen molar-refractivity contribution in [3.8, 4) is 17.0 Å². The number of aromatic nitrogens is 1. The average Bonchev–Trinajstić information content (AvgIpc) is 3.17. The zero-order valence-electron chi connectivity index (χ0n) is 17.8. The van der Waals surface area contributed by atoms with Crippen LogP contribution in [0.1, 0.15) is 21.7 Å². The number of piperazine rings is 1. The fraction of sp³-hybridized carbons (Fsp3) is 0.304. The molecule has 8 heteroatoms. The number of carbonyl (C=O) groups excluding carboxylic acids is 1. The van der Waals surface area contributed by atoms with Gasteiger partial charge in [0.2, 0.25) is 0 Å². The number of rotatable bonds is 4. The standard InChI is InChI=1S/C23H25ClN4O3/c1-14-12-17(24)19(13-18(14)25)27-8-10-28(11-9-27)23(29)21-15(2)31-26-22(21)16-6-4-5-7-20(16)30-3/h4-7,12-13H,8-11,25H2,1-3H3. The lowest BCUT2D eigenvalue weighted by atomic mass is 10.0. The maximum Gasteiger partial charge on any atom is 0.259 e. The Morgan fingerprint density at radius 3 is 2.58 bits per heavy atom. The molecule has 162 valence electrons. The van der Waals surface area contributed by atoms with Crippen molar-refractivity contribution in [2.75, 3.05) is 43.9 Å². The molecule has 0 saturated carbocycles. The molecule has 2 N–H and O–H groups in total. The van der Waals surface area contributed by atoms with Crippen LogP contribution in [0.2, 0.25) is 5.02 Å². The average molecular weight is 441 g/mol. The molecule has 1 saturated heterocycles. The van der Waals surface area contributed by atoms with Crippen LogP contribution in [0.25, 0.3) is 11.3 Å². The van der Waals surface area contributed by atoms with Gasteiger partial charge in [0.15, 0.2) is 0 Å². The van der Waals surface area contributed by atoms with Crippen LogP contribution in [-0.2, 0) is 0 Å². The van der Waals surface area contributed by atoms with E-state index in [1.54, 1.807) is 14.0 Å². The smallest absolute Gasteiger partial charge is 0.259 e. The van der Waals surface area contributed by atoms with Crippen LogP contribution >= 0.6 is 11.6 Å². The first-order valence-electron chi connectivity index (χ1n) is 10.1. The molecule has 0 radical (unpaired) electrons. The van der Waals surface area contributed by atoms with Gasteiger partial charge in [0.05, 0.1) is 17.8 Å². The molecule has 1 aromatic heterocycles. The predicted octanol–water partition coefficient (Wildman–Crippen LogP) is 4.17. The van der Waals surface area contributed by atoms with Gasteiger partial charge in [0, 0.05) is 37.4 Å². The summed E-state index contributed by atoms with van der Waals surface area (Å²) in [5.41, 5.74) is 10.3. The van der Waals surface area contributed by atoms with Crippen molar-refractivity contribution in [2.45, 2.75) is 13.8 Å². The fourth-order valence-corrected chi connectivity index (χ4v) is 4.21. The third-order valence-corrected chi connectivity index (χ3v) is 5.98. The number of anilines is 2. The number of nitrogens with two attached hydrogens (primary N) is 1. The van der Waals surface area contributed by atoms with Crippen LogP contribution < -0.4 is 15.4 Å². The summed E-state index contributed by atoms with van der Waals surface area (Å²) >= 11 is 6.44. The number of aryl methyl sites for hydroxylation is 2. The van der Waals surface area contributed by atoms with E-state index in [4.69, 9.17) is 26.6 Å². The summed E-state index contributed by atoms with van der Waals surface area (Å²) < 4.78 is 10.8. The molecule has 2 aromatic carbocycles. The molecule has 0 spiro atoms. The van der Waals surface area contributed by atoms with Crippen molar-refractivity contribution >= 4 is 28.9 Å². The fourth-order valence-electron chi connectivity index (χ4n) is 3.88. The molecule has 1 aliphatic rings. The quantitative estimate of drug-likeness (QED) is 0.613. The number of benzene rings is 2. The molecule has 3 aromatic rings. The number of hydrogen-bond donors (Lipinski definition) is 1. The van der Waals surface area contributed by atoms with Crippen molar-refractivity contribution < 1.29 is 14.1 Å². The van der Waals surface area contributed by atoms with E-state index < -0.39 is 0 Å². The van der Waals surface area contributed by atoms with Crippen LogP contribution in [0.4, 0.5) is 11.4 Å². The van der Waals surface area contributed by atoms with Gasteiger partial charge >= 0.3 is 0 Å². The Bertz CT molecular complexity index is 1120. The van der Waals surface area contributed by atoms with E-state index in [2.05, 4.69) is 10.1 Å². The summed E-state index contributed by atoms with van der Waals surface area (Å²) in [6.07, 6.45) is 0. The molecular weight excluding hydrogens is 416 g/mol. The zero-order valence-corrected chi connectivity index (χ0v) is 18.6. The summed E-state index contributed by atoms with van der Waals surface area (Å²) in [5, 5.41) is 4.82. The van der Waals surface area contributed by atoms with Gasteiger partial charge < -0.3 is 24.8 Å². The zero-order chi connectivity index (χ0) is 22.1. The first-order valence-corrected chi connectivity index (χ1v) is 10.5. The van der Waals surface area contributed by atoms with E-state index in [0.29, 0.717) is 59.7 Å². The van der Waals surface area contributed by atoms with Gasteiger partial charge in [-0.2, -0.15) is 0 Å². The Hall–Kier alpha value is -3.19. The minimum atomic E-state index is -0.103. The predicted molar refractivity (Wildman–Crippen MR) is 122 cm³/mol. The van der Waals surface area contributed by atoms with E-state index in [-0.39, 0.29) is 5.91 Å². The molecule has 0 bridgehead atoms. The lowest BCUT2D eigenvalue weighted by molar-refractivity contribution is 0.0745. The molecule has 1 amide bonds. The number of para-hydroxylation sites is 1. The summed E-state index contributed by atoms with van der Waals surface area (Å²) in [7, 11) is 1.59. The van der Waals surface area contributed by atoms with Crippen molar-refractivity contribution in [3.63, 3.8) is 0 Å². The Kier molecular flexibility index (Phi) is 5.78. The Labute approximate surface area is 186 Å². The van der Waals surface area contributed by atoms with E-state index in [9.17, 15) is 4.79 Å². The third-order valence-electron chi connectivity index (χ3n) is 5.68. The number of ether oxygens (including phenoxy) is 1. The Balaban J connectivity index is 1.55. The summed E-state index contributed by atoms with van der Waals surface area (Å²) in [5.74, 6) is 1.03. The Morgan fingerprint density at radius 1 is 1.16 bits per heavy atom. The number of nitrogen functional groups attached to an aromatic ring is 1. The normalized spacial score (nSPS) is 14.1. The monoisotopic (exact) mass is 440 g/mol. The SMILES string of the molecule is COc1ccccc1-c1noc(C)c1C(=O)N1CCN(c2cc(N)c(C)cc2Cl)CC1. The lowest BCUT2D eigenvalue weighted by Crippen LogP contribution is -2.49. The summed E-state index contributed by atoms with van der Waals surface area (Å²) in [6, 6.07) is 11.2. The molecule has 7 nitrogen and oxygen atoms in total. The molecule has 31 heavy (non-hydrogen) atoms. The number of halogens is 1. The van der Waals surface area contributed by atoms with E-state index in [1.165, 1.54) is 0 Å². The second-order valence-corrected chi connectivity index (χ2v) is 8.01. The highest BCUT2D eigenvalue weighted by Crippen LogP contribution is 2.34. The maximum atomic E-state index is 13.4. The van der Waals surface area contributed by atoms with Crippen molar-refractivity contribution in [2.24, 2.45) is 0 Å². The topological polar surface area (TPSA) is 84.8 Å². The molecule has 1 aliphatic heterocycles. The van der Waals surface area contributed by atoms with Gasteiger partial charge in [-0.25, -0.2) is 0 Å². The molecular formula is C23H25ClN4O3. The molecule has 1 fully saturated rings. The second-order valence-electron chi connectivity index (χ2n) is 7.60. The number of amides is 1. The van der Waals surface area contributed by atoms with E-state index in [0.717, 1.165) is 16.8 Å². The molecule has 0 unspecified atom stereocenters. The highest BCUT2D eigenvalue weighted by atomic mass is 35.5. The number of methoxy groups -OCH3 is 1. The van der Waals surface area contributed by atoms with Gasteiger partial charge in [-0.3, -0.25) is 4.79 Å². The van der Waals surface area contributed by atoms with Gasteiger partial charge in [-0.15, -0.1) is 0 Å². The Morgan fingerprint density at radius 2 is 1.87 bits per heavy atom. The van der Waals surface area contributed by atoms with Crippen molar-refractivity contribution in [3.05, 3.63) is 58.3 Å². The summed E-state index contributed by atoms with van der Waals surface area (Å²) in [6.45, 7) is 6.11. The van der Waals surface area contributed by atoms with Crippen molar-refractivity contribution in [1.82, 2.24) is 10.1 Å². The first-order chi connectivity index (χ1) is 14.9. The molecule has 4 rings (SSSR count).